The second-order valence-corrected chi connectivity index (χ2v) is 8.48. The van der Waals surface area contributed by atoms with E-state index in [-0.39, 0.29) is 0 Å². The zero-order valence-corrected chi connectivity index (χ0v) is 15.4. The molecule has 0 bridgehead atoms. The molecule has 0 aromatic carbocycles. The smallest absolute Gasteiger partial charge is 0.366 e. The summed E-state index contributed by atoms with van der Waals surface area (Å²) in [5.41, 5.74) is 0. The van der Waals surface area contributed by atoms with Crippen LogP contribution < -0.4 is 22.4 Å². The van der Waals surface area contributed by atoms with Gasteiger partial charge in [-0.1, -0.05) is 12.9 Å². The lowest BCUT2D eigenvalue weighted by molar-refractivity contribution is -0.637. The van der Waals surface area contributed by atoms with E-state index < -0.39 is 68.7 Å². The Balaban J connectivity index is 2.99. The van der Waals surface area contributed by atoms with Gasteiger partial charge in [0.05, 0.1) is 12.7 Å². The average molecular weight is 451 g/mol. The molecule has 26 heavy (non-hydrogen) atoms. The molecule has 17 nitrogen and oxygen atoms in total. The number of nitrogens with one attached hydrogen (secondary N) is 1. The van der Waals surface area contributed by atoms with Crippen molar-refractivity contribution in [2.24, 2.45) is 0 Å². The van der Waals surface area contributed by atoms with Crippen LogP contribution in [-0.4, -0.2) is 61.5 Å². The molecular formula is C6H19N4O13S3+3. The third-order valence-corrected chi connectivity index (χ3v) is 5.25. The summed E-state index contributed by atoms with van der Waals surface area (Å²) in [7, 11) is -13.6. The highest BCUT2D eigenvalue weighted by Crippen LogP contribution is 2.24. The molecule has 1 saturated heterocycles. The standard InChI is InChI=1S/C6H19N4O13S3/c7-21-24(12,13)10-5-4(20-26(16,17)23-9)1-3(19-6(5)11)2-18-25(14,15)22-8/h3-6,10-11H,1-2H2,7-9H3/q+3. The van der Waals surface area contributed by atoms with Crippen LogP contribution in [0.4, 0.5) is 0 Å². The van der Waals surface area contributed by atoms with E-state index in [1.165, 1.54) is 0 Å². The van der Waals surface area contributed by atoms with Gasteiger partial charge in [0.15, 0.2) is 6.29 Å². The van der Waals surface area contributed by atoms with E-state index in [1.807, 2.05) is 0 Å². The van der Waals surface area contributed by atoms with E-state index in [0.717, 1.165) is 0 Å². The van der Waals surface area contributed by atoms with Crippen molar-refractivity contribution >= 4 is 31.1 Å². The first-order valence-corrected chi connectivity index (χ1v) is 10.4. The summed E-state index contributed by atoms with van der Waals surface area (Å²) in [6, 6.07) is -1.69. The Morgan fingerprint density at radius 3 is 2.08 bits per heavy atom. The average Bonchev–Trinajstić information content (AvgIpc) is 2.56. The minimum atomic E-state index is -4.67. The molecule has 4 unspecified atom stereocenters. The van der Waals surface area contributed by atoms with Crippen LogP contribution in [0.2, 0.25) is 0 Å². The molecule has 0 saturated carbocycles. The van der Waals surface area contributed by atoms with Crippen molar-refractivity contribution in [1.29, 1.82) is 0 Å². The normalized spacial score (nSPS) is 28.2. The number of aliphatic hydroxyl groups is 1. The molecule has 0 aromatic heterocycles. The summed E-state index contributed by atoms with van der Waals surface area (Å²) in [6.07, 6.45) is -5.32. The first-order chi connectivity index (χ1) is 11.8. The predicted molar refractivity (Wildman–Crippen MR) is 71.9 cm³/mol. The quantitative estimate of drug-likeness (QED) is 0.193. The van der Waals surface area contributed by atoms with E-state index in [1.54, 1.807) is 4.72 Å². The van der Waals surface area contributed by atoms with Gasteiger partial charge in [-0.3, -0.25) is 0 Å². The molecule has 11 N–H and O–H groups in total. The number of hydrogen-bond donors (Lipinski definition) is 5. The maximum Gasteiger partial charge on any atom is 0.444 e. The lowest BCUT2D eigenvalue weighted by Crippen LogP contribution is -2.63. The largest absolute Gasteiger partial charge is 0.444 e. The highest BCUT2D eigenvalue weighted by Gasteiger charge is 2.44. The van der Waals surface area contributed by atoms with Gasteiger partial charge in [-0.25, -0.2) is 8.37 Å². The maximum atomic E-state index is 11.4. The van der Waals surface area contributed by atoms with Gasteiger partial charge in [-0.2, -0.15) is 47.7 Å². The van der Waals surface area contributed by atoms with Crippen LogP contribution in [0.1, 0.15) is 6.42 Å². The molecule has 1 heterocycles. The first-order valence-electron chi connectivity index (χ1n) is 6.34. The fraction of sp³-hybridized carbons (Fsp3) is 1.00. The molecule has 0 radical (unpaired) electrons. The van der Waals surface area contributed by atoms with Crippen LogP contribution in [0.3, 0.4) is 0 Å². The first kappa shape index (κ1) is 23.4. The van der Waals surface area contributed by atoms with E-state index in [9.17, 15) is 30.4 Å². The van der Waals surface area contributed by atoms with Crippen molar-refractivity contribution < 1.29 is 74.0 Å². The van der Waals surface area contributed by atoms with Crippen LogP contribution in [0, 0.1) is 0 Å². The van der Waals surface area contributed by atoms with Gasteiger partial charge in [0.25, 0.3) is 0 Å². The Hall–Kier alpha value is -0.590. The third kappa shape index (κ3) is 7.20. The molecule has 156 valence electrons. The van der Waals surface area contributed by atoms with Gasteiger partial charge < -0.3 is 9.84 Å². The van der Waals surface area contributed by atoms with Gasteiger partial charge in [0.2, 0.25) is 0 Å². The minimum Gasteiger partial charge on any atom is -0.366 e. The van der Waals surface area contributed by atoms with E-state index in [2.05, 4.69) is 38.9 Å². The zero-order chi connectivity index (χ0) is 20.2. The number of ether oxygens (including phenoxy) is 1. The Morgan fingerprint density at radius 2 is 1.58 bits per heavy atom. The van der Waals surface area contributed by atoms with E-state index in [4.69, 9.17) is 4.74 Å². The summed E-state index contributed by atoms with van der Waals surface area (Å²) in [6.45, 7) is -0.731. The maximum absolute atomic E-state index is 11.4. The number of hydrogen-bond acceptors (Lipinski definition) is 13. The molecule has 0 aliphatic carbocycles. The van der Waals surface area contributed by atoms with Crippen molar-refractivity contribution in [2.75, 3.05) is 6.61 Å². The molecule has 0 aromatic rings. The lowest BCUT2D eigenvalue weighted by atomic mass is 10.0. The van der Waals surface area contributed by atoms with Gasteiger partial charge >= 0.3 is 31.1 Å². The Kier molecular flexibility index (Phi) is 8.18. The van der Waals surface area contributed by atoms with Crippen LogP contribution >= 0.6 is 0 Å². The van der Waals surface area contributed by atoms with Crippen molar-refractivity contribution in [1.82, 2.24) is 4.72 Å². The lowest BCUT2D eigenvalue weighted by Gasteiger charge is -2.37. The monoisotopic (exact) mass is 451 g/mol. The molecule has 20 heteroatoms. The molecule has 1 aliphatic heterocycles. The molecule has 0 spiro atoms. The number of aliphatic hydroxyl groups excluding tert-OH is 1. The highest BCUT2D eigenvalue weighted by molar-refractivity contribution is 7.84. The third-order valence-electron chi connectivity index (χ3n) is 2.90. The molecule has 1 rings (SSSR count). The summed E-state index contributed by atoms with van der Waals surface area (Å²) < 4.78 is 95.0. The predicted octanol–water partition coefficient (Wildman–Crippen LogP) is -7.29. The second kappa shape index (κ2) is 9.07. The van der Waals surface area contributed by atoms with Crippen molar-refractivity contribution in [2.45, 2.75) is 31.0 Å². The Labute approximate surface area is 148 Å². The molecule has 0 amide bonds. The van der Waals surface area contributed by atoms with E-state index in [0.29, 0.717) is 0 Å². The topological polar surface area (TPSA) is 273 Å². The summed E-state index contributed by atoms with van der Waals surface area (Å²) in [5.74, 6) is 7.97. The van der Waals surface area contributed by atoms with Gasteiger partial charge in [-0.05, 0) is 0 Å². The van der Waals surface area contributed by atoms with Crippen LogP contribution in [-0.2, 0) is 57.1 Å². The van der Waals surface area contributed by atoms with Crippen molar-refractivity contribution in [3.05, 3.63) is 0 Å². The minimum absolute atomic E-state index is 0.462. The summed E-state index contributed by atoms with van der Waals surface area (Å²) >= 11 is 0. The van der Waals surface area contributed by atoms with Crippen LogP contribution in [0.5, 0.6) is 0 Å². The molecular weight excluding hydrogens is 432 g/mol. The summed E-state index contributed by atoms with van der Waals surface area (Å²) in [4.78, 5) is 0. The van der Waals surface area contributed by atoms with E-state index >= 15 is 0 Å². The van der Waals surface area contributed by atoms with Gasteiger partial charge in [0, 0.05) is 6.42 Å². The highest BCUT2D eigenvalue weighted by atomic mass is 32.3. The molecule has 1 fully saturated rings. The number of rotatable bonds is 10. The van der Waals surface area contributed by atoms with Gasteiger partial charge in [-0.15, -0.1) is 0 Å². The Bertz CT molecular complexity index is 766. The fourth-order valence-corrected chi connectivity index (χ4v) is 3.45. The second-order valence-electron chi connectivity index (χ2n) is 4.57. The van der Waals surface area contributed by atoms with Crippen LogP contribution in [0.15, 0.2) is 0 Å². The summed E-state index contributed by atoms with van der Waals surface area (Å²) in [5, 5.41) is 9.92. The Morgan fingerprint density at radius 1 is 1.00 bits per heavy atom. The SMILES string of the molecule is [NH3+]OS(=O)(=O)NC1C(O)OC(COS(=O)(=O)O[NH3+])CC1OS(=O)(=O)O[NH3+]. The van der Waals surface area contributed by atoms with Gasteiger partial charge in [0.1, 0.15) is 12.1 Å². The van der Waals surface area contributed by atoms with Crippen molar-refractivity contribution in [3.63, 3.8) is 0 Å². The molecule has 1 aliphatic rings. The zero-order valence-electron chi connectivity index (χ0n) is 12.9. The fourth-order valence-electron chi connectivity index (χ4n) is 1.84. The number of quaternary nitrogens is 3. The molecule has 4 atom stereocenters. The van der Waals surface area contributed by atoms with Crippen LogP contribution in [0.25, 0.3) is 0 Å². The van der Waals surface area contributed by atoms with Crippen molar-refractivity contribution in [3.8, 4) is 0 Å².